The third-order valence-corrected chi connectivity index (χ3v) is 6.48. The van der Waals surface area contributed by atoms with Crippen LogP contribution in [0.5, 0.6) is 0 Å². The summed E-state index contributed by atoms with van der Waals surface area (Å²) < 4.78 is 13.2. The highest BCUT2D eigenvalue weighted by Gasteiger charge is 2.30. The van der Waals surface area contributed by atoms with Gasteiger partial charge in [-0.05, 0) is 49.7 Å². The van der Waals surface area contributed by atoms with Crippen LogP contribution in [0.1, 0.15) is 54.0 Å². The Morgan fingerprint density at radius 3 is 2.34 bits per heavy atom. The number of Topliss-reactive ketones (excluding diaryl/α,β-unsaturated/α-hetero) is 1. The molecular formula is C30H37FN4O3. The van der Waals surface area contributed by atoms with E-state index in [4.69, 9.17) is 0 Å². The summed E-state index contributed by atoms with van der Waals surface area (Å²) in [5.41, 5.74) is 2.52. The Kier molecular flexibility index (Phi) is 11.2. The standard InChI is InChI=1S/C26H29FN4O3.C2H6.C2H2/c1-4-29(3)26(34)24(32)19-7-10-23-21(13-19)22(14-28-23)25(33)31-12-11-30(15-17(31)2)16-18-5-8-20(27)9-6-18;2*1-2/h5-10,13-14,17,28H,4,11-12,15-16H2,1-3H3;1-2H3;1-2H/t17-;;/m1../s1. The molecule has 2 amide bonds. The van der Waals surface area contributed by atoms with Crippen LogP contribution >= 0.6 is 0 Å². The number of carbonyl (C=O) groups is 3. The zero-order chi connectivity index (χ0) is 28.4. The number of rotatable bonds is 6. The van der Waals surface area contributed by atoms with E-state index in [9.17, 15) is 18.8 Å². The number of nitrogens with one attached hydrogen (secondary N) is 1. The van der Waals surface area contributed by atoms with Crippen molar-refractivity contribution in [3.63, 3.8) is 0 Å². The van der Waals surface area contributed by atoms with Crippen molar-refractivity contribution in [3.8, 4) is 12.8 Å². The molecular weight excluding hydrogens is 483 g/mol. The number of piperazine rings is 1. The van der Waals surface area contributed by atoms with Gasteiger partial charge in [0.1, 0.15) is 5.82 Å². The van der Waals surface area contributed by atoms with Gasteiger partial charge in [-0.3, -0.25) is 19.3 Å². The van der Waals surface area contributed by atoms with Gasteiger partial charge in [-0.2, -0.15) is 0 Å². The van der Waals surface area contributed by atoms with Gasteiger partial charge in [0, 0.05) is 68.5 Å². The molecule has 1 saturated heterocycles. The molecule has 7 nitrogen and oxygen atoms in total. The number of carbonyl (C=O) groups excluding carboxylic acids is 3. The van der Waals surface area contributed by atoms with Crippen molar-refractivity contribution in [1.29, 1.82) is 0 Å². The lowest BCUT2D eigenvalue weighted by Gasteiger charge is -2.40. The summed E-state index contributed by atoms with van der Waals surface area (Å²) in [5, 5.41) is 0.628. The number of fused-ring (bicyclic) bond motifs is 1. The molecule has 2 aromatic carbocycles. The molecule has 1 aliphatic rings. The normalized spacial score (nSPS) is 15.1. The van der Waals surface area contributed by atoms with E-state index in [1.165, 1.54) is 17.0 Å². The van der Waals surface area contributed by atoms with E-state index in [-0.39, 0.29) is 23.3 Å². The molecule has 1 N–H and O–H groups in total. The minimum atomic E-state index is -0.589. The first kappa shape index (κ1) is 30.3. The molecule has 0 radical (unpaired) electrons. The van der Waals surface area contributed by atoms with Crippen LogP contribution in [0, 0.1) is 18.7 Å². The number of nitrogens with zero attached hydrogens (tertiary/aromatic N) is 3. The fraction of sp³-hybridized carbons (Fsp3) is 0.367. The first-order chi connectivity index (χ1) is 18.3. The highest BCUT2D eigenvalue weighted by atomic mass is 19.1. The molecule has 0 aliphatic carbocycles. The Labute approximate surface area is 224 Å². The molecule has 0 spiro atoms. The molecule has 0 bridgehead atoms. The second-order valence-electron chi connectivity index (χ2n) is 8.82. The van der Waals surface area contributed by atoms with Crippen LogP contribution in [-0.4, -0.2) is 76.5 Å². The summed E-state index contributed by atoms with van der Waals surface area (Å²) in [5.74, 6) is -1.52. The lowest BCUT2D eigenvalue weighted by molar-refractivity contribution is -0.125. The Hall–Kier alpha value is -3.96. The first-order valence-corrected chi connectivity index (χ1v) is 12.8. The lowest BCUT2D eigenvalue weighted by atomic mass is 10.0. The highest BCUT2D eigenvalue weighted by molar-refractivity contribution is 6.43. The van der Waals surface area contributed by atoms with Gasteiger partial charge in [0.2, 0.25) is 5.78 Å². The van der Waals surface area contributed by atoms with Crippen molar-refractivity contribution in [1.82, 2.24) is 19.7 Å². The number of hydrogen-bond donors (Lipinski definition) is 1. The maximum Gasteiger partial charge on any atom is 0.294 e. The minimum absolute atomic E-state index is 0.0174. The van der Waals surface area contributed by atoms with Gasteiger partial charge in [-0.15, -0.1) is 12.8 Å². The summed E-state index contributed by atoms with van der Waals surface area (Å²) in [6, 6.07) is 11.4. The first-order valence-electron chi connectivity index (χ1n) is 12.8. The van der Waals surface area contributed by atoms with Crippen molar-refractivity contribution < 1.29 is 18.8 Å². The zero-order valence-corrected chi connectivity index (χ0v) is 22.8. The van der Waals surface area contributed by atoms with Crippen LogP contribution in [0.3, 0.4) is 0 Å². The lowest BCUT2D eigenvalue weighted by Crippen LogP contribution is -2.53. The average molecular weight is 521 g/mol. The molecule has 3 aromatic rings. The van der Waals surface area contributed by atoms with E-state index < -0.39 is 11.7 Å². The maximum atomic E-state index is 13.4. The number of terminal acetylenes is 1. The van der Waals surface area contributed by atoms with E-state index in [0.29, 0.717) is 43.7 Å². The van der Waals surface area contributed by atoms with Crippen molar-refractivity contribution in [3.05, 3.63) is 71.2 Å². The molecule has 202 valence electrons. The third-order valence-electron chi connectivity index (χ3n) is 6.48. The Balaban J connectivity index is 0.00000121. The highest BCUT2D eigenvalue weighted by Crippen LogP contribution is 2.24. The van der Waals surface area contributed by atoms with E-state index in [0.717, 1.165) is 11.1 Å². The number of ketones is 1. The van der Waals surface area contributed by atoms with Crippen LogP contribution in [0.4, 0.5) is 4.39 Å². The summed E-state index contributed by atoms with van der Waals surface area (Å²) in [6.07, 6.45) is 9.67. The van der Waals surface area contributed by atoms with Crippen molar-refractivity contribution in [2.45, 2.75) is 40.3 Å². The second-order valence-corrected chi connectivity index (χ2v) is 8.82. The molecule has 0 unspecified atom stereocenters. The number of amides is 2. The topological polar surface area (TPSA) is 76.7 Å². The average Bonchev–Trinajstić information content (AvgIpc) is 3.38. The molecule has 38 heavy (non-hydrogen) atoms. The van der Waals surface area contributed by atoms with E-state index in [1.54, 1.807) is 50.5 Å². The number of halogens is 1. The van der Waals surface area contributed by atoms with E-state index >= 15 is 0 Å². The van der Waals surface area contributed by atoms with Gasteiger partial charge >= 0.3 is 0 Å². The van der Waals surface area contributed by atoms with Crippen LogP contribution in [0.2, 0.25) is 0 Å². The minimum Gasteiger partial charge on any atom is -0.360 e. The van der Waals surface area contributed by atoms with Crippen molar-refractivity contribution >= 4 is 28.5 Å². The van der Waals surface area contributed by atoms with Crippen molar-refractivity contribution in [2.75, 3.05) is 33.2 Å². The Morgan fingerprint density at radius 2 is 1.74 bits per heavy atom. The molecule has 1 atom stereocenters. The smallest absolute Gasteiger partial charge is 0.294 e. The summed E-state index contributed by atoms with van der Waals surface area (Å²) in [6.45, 7) is 10.9. The molecule has 1 fully saturated rings. The van der Waals surface area contributed by atoms with Gasteiger partial charge in [0.15, 0.2) is 0 Å². The molecule has 8 heteroatoms. The number of H-pyrrole nitrogens is 1. The van der Waals surface area contributed by atoms with Crippen LogP contribution < -0.4 is 0 Å². The Morgan fingerprint density at radius 1 is 1.08 bits per heavy atom. The predicted octanol–water partition coefficient (Wildman–Crippen LogP) is 4.59. The number of hydrogen-bond acceptors (Lipinski definition) is 4. The number of aromatic nitrogens is 1. The quantitative estimate of drug-likeness (QED) is 0.293. The van der Waals surface area contributed by atoms with Crippen molar-refractivity contribution in [2.24, 2.45) is 0 Å². The van der Waals surface area contributed by atoms with Gasteiger partial charge in [-0.1, -0.05) is 26.0 Å². The van der Waals surface area contributed by atoms with Gasteiger partial charge < -0.3 is 14.8 Å². The van der Waals surface area contributed by atoms with Gasteiger partial charge in [-0.25, -0.2) is 4.39 Å². The fourth-order valence-electron chi connectivity index (χ4n) is 4.36. The molecule has 0 saturated carbocycles. The summed E-state index contributed by atoms with van der Waals surface area (Å²) in [7, 11) is 1.58. The summed E-state index contributed by atoms with van der Waals surface area (Å²) in [4.78, 5) is 46.9. The predicted molar refractivity (Wildman–Crippen MR) is 149 cm³/mol. The zero-order valence-electron chi connectivity index (χ0n) is 22.8. The van der Waals surface area contributed by atoms with Gasteiger partial charge in [0.05, 0.1) is 5.56 Å². The fourth-order valence-corrected chi connectivity index (χ4v) is 4.36. The van der Waals surface area contributed by atoms with E-state index in [1.807, 2.05) is 25.7 Å². The van der Waals surface area contributed by atoms with Crippen LogP contribution in [0.25, 0.3) is 10.9 Å². The Bertz CT molecular complexity index is 1270. The summed E-state index contributed by atoms with van der Waals surface area (Å²) >= 11 is 0. The second kappa shape index (κ2) is 14.1. The van der Waals surface area contributed by atoms with Gasteiger partial charge in [0.25, 0.3) is 11.8 Å². The number of likely N-dealkylation sites (N-methyl/N-ethyl adjacent to an activating group) is 1. The SMILES string of the molecule is C#C.CC.CCN(C)C(=O)C(=O)c1ccc2[nH]cc(C(=O)N3CCN(Cc4ccc(F)cc4)C[C@H]3C)c2c1. The largest absolute Gasteiger partial charge is 0.360 e. The van der Waals surface area contributed by atoms with Crippen LogP contribution in [0.15, 0.2) is 48.7 Å². The number of aromatic amines is 1. The monoisotopic (exact) mass is 520 g/mol. The molecule has 1 aliphatic heterocycles. The molecule has 2 heterocycles. The van der Waals surface area contributed by atoms with Crippen LogP contribution in [-0.2, 0) is 11.3 Å². The molecule has 4 rings (SSSR count). The maximum absolute atomic E-state index is 13.4. The number of benzene rings is 2. The third kappa shape index (κ3) is 6.87. The van der Waals surface area contributed by atoms with E-state index in [2.05, 4.69) is 22.7 Å². The molecule has 1 aromatic heterocycles.